The molecule has 1 unspecified atom stereocenters. The van der Waals surface area contributed by atoms with E-state index in [4.69, 9.17) is 0 Å². The Morgan fingerprint density at radius 2 is 2.12 bits per heavy atom. The summed E-state index contributed by atoms with van der Waals surface area (Å²) in [6.07, 6.45) is 1.80. The Morgan fingerprint density at radius 3 is 2.75 bits per heavy atom. The van der Waals surface area contributed by atoms with Gasteiger partial charge in [0.05, 0.1) is 6.20 Å². The maximum absolute atomic E-state index is 4.14. The van der Waals surface area contributed by atoms with Crippen molar-refractivity contribution in [3.63, 3.8) is 0 Å². The summed E-state index contributed by atoms with van der Waals surface area (Å²) in [4.78, 5) is 0. The van der Waals surface area contributed by atoms with Gasteiger partial charge in [0.15, 0.2) is 0 Å². The molecule has 1 aromatic carbocycles. The molecule has 0 saturated carbocycles. The van der Waals surface area contributed by atoms with Gasteiger partial charge in [-0.3, -0.25) is 4.68 Å². The number of rotatable bonds is 3. The van der Waals surface area contributed by atoms with Crippen molar-refractivity contribution in [2.24, 2.45) is 7.05 Å². The molecule has 3 nitrogen and oxygen atoms in total. The van der Waals surface area contributed by atoms with Crippen LogP contribution in [0.4, 0.5) is 5.82 Å². The van der Waals surface area contributed by atoms with Crippen molar-refractivity contribution in [2.75, 3.05) is 5.32 Å². The number of aryl methyl sites for hydroxylation is 2. The van der Waals surface area contributed by atoms with Crippen LogP contribution in [-0.2, 0) is 7.05 Å². The lowest BCUT2D eigenvalue weighted by Gasteiger charge is -2.15. The van der Waals surface area contributed by atoms with Crippen LogP contribution in [0.2, 0.25) is 0 Å². The number of aromatic nitrogens is 2. The van der Waals surface area contributed by atoms with E-state index in [0.717, 1.165) is 5.82 Å². The van der Waals surface area contributed by atoms with Crippen molar-refractivity contribution in [1.29, 1.82) is 0 Å². The first kappa shape index (κ1) is 10.7. The zero-order valence-corrected chi connectivity index (χ0v) is 9.94. The van der Waals surface area contributed by atoms with Crippen LogP contribution in [-0.4, -0.2) is 9.78 Å². The largest absolute Gasteiger partial charge is 0.364 e. The predicted molar refractivity (Wildman–Crippen MR) is 66.4 cm³/mol. The predicted octanol–water partition coefficient (Wildman–Crippen LogP) is 2.90. The third-order valence-corrected chi connectivity index (χ3v) is 2.73. The van der Waals surface area contributed by atoms with Gasteiger partial charge in [-0.05, 0) is 19.4 Å². The molecule has 1 aromatic heterocycles. The molecule has 0 fully saturated rings. The van der Waals surface area contributed by atoms with E-state index in [0.29, 0.717) is 0 Å². The molecule has 0 aliphatic carbocycles. The lowest BCUT2D eigenvalue weighted by atomic mass is 10.1. The highest BCUT2D eigenvalue weighted by molar-refractivity contribution is 5.38. The zero-order chi connectivity index (χ0) is 11.5. The molecule has 1 atom stereocenters. The Hall–Kier alpha value is -1.77. The molecule has 84 valence electrons. The molecule has 3 heteroatoms. The minimum atomic E-state index is 0.287. The average molecular weight is 215 g/mol. The molecule has 0 bridgehead atoms. The van der Waals surface area contributed by atoms with Crippen LogP contribution >= 0.6 is 0 Å². The summed E-state index contributed by atoms with van der Waals surface area (Å²) in [5.41, 5.74) is 2.58. The average Bonchev–Trinajstić information content (AvgIpc) is 2.64. The Labute approximate surface area is 96.1 Å². The van der Waals surface area contributed by atoms with Crippen molar-refractivity contribution in [2.45, 2.75) is 19.9 Å². The fraction of sp³-hybridized carbons (Fsp3) is 0.308. The molecule has 0 saturated heterocycles. The van der Waals surface area contributed by atoms with Crippen LogP contribution in [0.3, 0.4) is 0 Å². The molecule has 0 radical (unpaired) electrons. The summed E-state index contributed by atoms with van der Waals surface area (Å²) < 4.78 is 1.84. The summed E-state index contributed by atoms with van der Waals surface area (Å²) in [6.45, 7) is 4.27. The van der Waals surface area contributed by atoms with Gasteiger partial charge >= 0.3 is 0 Å². The molecule has 1 N–H and O–H groups in total. The van der Waals surface area contributed by atoms with Gasteiger partial charge in [0.25, 0.3) is 0 Å². The first-order valence-electron chi connectivity index (χ1n) is 5.48. The van der Waals surface area contributed by atoms with Crippen LogP contribution < -0.4 is 5.32 Å². The van der Waals surface area contributed by atoms with E-state index in [2.05, 4.69) is 48.5 Å². The van der Waals surface area contributed by atoms with Gasteiger partial charge in [0.1, 0.15) is 5.82 Å². The summed E-state index contributed by atoms with van der Waals surface area (Å²) in [7, 11) is 1.94. The van der Waals surface area contributed by atoms with Gasteiger partial charge in [0, 0.05) is 19.2 Å². The van der Waals surface area contributed by atoms with E-state index in [1.165, 1.54) is 11.1 Å². The SMILES string of the molecule is Cc1cccc(C(C)Nc2ccnn2C)c1. The van der Waals surface area contributed by atoms with Gasteiger partial charge in [-0.2, -0.15) is 5.10 Å². The van der Waals surface area contributed by atoms with Crippen molar-refractivity contribution < 1.29 is 0 Å². The van der Waals surface area contributed by atoms with Crippen molar-refractivity contribution >= 4 is 5.82 Å². The second-order valence-electron chi connectivity index (χ2n) is 4.12. The second-order valence-corrected chi connectivity index (χ2v) is 4.12. The Kier molecular flexibility index (Phi) is 2.95. The number of benzene rings is 1. The highest BCUT2D eigenvalue weighted by Crippen LogP contribution is 2.19. The summed E-state index contributed by atoms with van der Waals surface area (Å²) in [5, 5.41) is 7.57. The van der Waals surface area contributed by atoms with Crippen molar-refractivity contribution in [1.82, 2.24) is 9.78 Å². The lowest BCUT2D eigenvalue weighted by Crippen LogP contribution is -2.10. The number of hydrogen-bond donors (Lipinski definition) is 1. The van der Waals surface area contributed by atoms with Crippen molar-refractivity contribution in [3.05, 3.63) is 47.7 Å². The number of nitrogens with zero attached hydrogens (tertiary/aromatic N) is 2. The van der Waals surface area contributed by atoms with Crippen LogP contribution in [0, 0.1) is 6.92 Å². The summed E-state index contributed by atoms with van der Waals surface area (Å²) >= 11 is 0. The van der Waals surface area contributed by atoms with E-state index in [9.17, 15) is 0 Å². The molecule has 1 heterocycles. The second kappa shape index (κ2) is 4.39. The molecule has 2 aromatic rings. The summed E-state index contributed by atoms with van der Waals surface area (Å²) in [6, 6.07) is 10.8. The smallest absolute Gasteiger partial charge is 0.124 e. The molecule has 0 aliphatic heterocycles. The fourth-order valence-electron chi connectivity index (χ4n) is 1.76. The molecule has 0 aliphatic rings. The molecule has 2 rings (SSSR count). The standard InChI is InChI=1S/C13H17N3/c1-10-5-4-6-12(9-10)11(2)15-13-7-8-14-16(13)3/h4-9,11,15H,1-3H3. The van der Waals surface area contributed by atoms with Crippen LogP contribution in [0.25, 0.3) is 0 Å². The van der Waals surface area contributed by atoms with Crippen molar-refractivity contribution in [3.8, 4) is 0 Å². The molecular weight excluding hydrogens is 198 g/mol. The number of nitrogens with one attached hydrogen (secondary N) is 1. The lowest BCUT2D eigenvalue weighted by molar-refractivity contribution is 0.750. The monoisotopic (exact) mass is 215 g/mol. The number of anilines is 1. The first-order chi connectivity index (χ1) is 7.66. The van der Waals surface area contributed by atoms with Gasteiger partial charge in [-0.15, -0.1) is 0 Å². The molecule has 0 spiro atoms. The first-order valence-corrected chi connectivity index (χ1v) is 5.48. The normalized spacial score (nSPS) is 12.4. The van der Waals surface area contributed by atoms with Crippen LogP contribution in [0.1, 0.15) is 24.1 Å². The van der Waals surface area contributed by atoms with E-state index in [1.54, 1.807) is 6.20 Å². The van der Waals surface area contributed by atoms with Gasteiger partial charge < -0.3 is 5.32 Å². The Balaban J connectivity index is 2.14. The minimum absolute atomic E-state index is 0.287. The van der Waals surface area contributed by atoms with Gasteiger partial charge in [-0.25, -0.2) is 0 Å². The summed E-state index contributed by atoms with van der Waals surface area (Å²) in [5.74, 6) is 1.04. The maximum Gasteiger partial charge on any atom is 0.124 e. The highest BCUT2D eigenvalue weighted by Gasteiger charge is 2.06. The van der Waals surface area contributed by atoms with E-state index >= 15 is 0 Å². The highest BCUT2D eigenvalue weighted by atomic mass is 15.3. The minimum Gasteiger partial charge on any atom is -0.364 e. The van der Waals surface area contributed by atoms with E-state index in [1.807, 2.05) is 17.8 Å². The van der Waals surface area contributed by atoms with Gasteiger partial charge in [0.2, 0.25) is 0 Å². The van der Waals surface area contributed by atoms with Crippen LogP contribution in [0.5, 0.6) is 0 Å². The zero-order valence-electron chi connectivity index (χ0n) is 9.94. The Morgan fingerprint density at radius 1 is 1.31 bits per heavy atom. The fourth-order valence-corrected chi connectivity index (χ4v) is 1.76. The van der Waals surface area contributed by atoms with E-state index < -0.39 is 0 Å². The molecule has 0 amide bonds. The topological polar surface area (TPSA) is 29.9 Å². The quantitative estimate of drug-likeness (QED) is 0.853. The maximum atomic E-state index is 4.14. The number of hydrogen-bond acceptors (Lipinski definition) is 2. The third kappa shape index (κ3) is 2.24. The van der Waals surface area contributed by atoms with Crippen LogP contribution in [0.15, 0.2) is 36.5 Å². The third-order valence-electron chi connectivity index (χ3n) is 2.73. The Bertz CT molecular complexity index is 474. The van der Waals surface area contributed by atoms with Gasteiger partial charge in [-0.1, -0.05) is 29.8 Å². The van der Waals surface area contributed by atoms with E-state index in [-0.39, 0.29) is 6.04 Å². The molecular formula is C13H17N3. The molecule has 16 heavy (non-hydrogen) atoms.